The zero-order valence-electron chi connectivity index (χ0n) is 18.1. The quantitative estimate of drug-likeness (QED) is 0.387. The van der Waals surface area contributed by atoms with Gasteiger partial charge in [0.1, 0.15) is 23.9 Å². The Morgan fingerprint density at radius 3 is 2.50 bits per heavy atom. The summed E-state index contributed by atoms with van der Waals surface area (Å²) in [5.74, 6) is 1.23. The smallest absolute Gasteiger partial charge is 0.130 e. The van der Waals surface area contributed by atoms with Crippen LogP contribution in [0.5, 0.6) is 5.75 Å². The largest absolute Gasteiger partial charge is 0.497 e. The first-order valence-corrected chi connectivity index (χ1v) is 10.5. The van der Waals surface area contributed by atoms with Crippen molar-refractivity contribution >= 4 is 11.6 Å². The predicted molar refractivity (Wildman–Crippen MR) is 124 cm³/mol. The number of nitrogens with zero attached hydrogens (tertiary/aromatic N) is 1. The van der Waals surface area contributed by atoms with Gasteiger partial charge in [0.25, 0.3) is 0 Å². The molecular formula is C26H29NO5. The minimum absolute atomic E-state index is 0.171. The summed E-state index contributed by atoms with van der Waals surface area (Å²) in [6, 6.07) is 16.2. The van der Waals surface area contributed by atoms with Gasteiger partial charge in [0.05, 0.1) is 25.0 Å². The lowest BCUT2D eigenvalue weighted by Gasteiger charge is -2.25. The number of furan rings is 1. The zero-order chi connectivity index (χ0) is 22.9. The number of ether oxygens (including phenoxy) is 1. The second-order valence-electron chi connectivity index (χ2n) is 7.48. The van der Waals surface area contributed by atoms with Crippen LogP contribution in [0.25, 0.3) is 11.6 Å². The topological polar surface area (TPSA) is 96.0 Å². The van der Waals surface area contributed by atoms with E-state index in [0.717, 1.165) is 11.3 Å². The Morgan fingerprint density at radius 2 is 1.91 bits per heavy atom. The third kappa shape index (κ3) is 5.95. The molecule has 3 atom stereocenters. The Balaban J connectivity index is 1.75. The van der Waals surface area contributed by atoms with Crippen LogP contribution in [0.3, 0.4) is 0 Å². The van der Waals surface area contributed by atoms with E-state index < -0.39 is 18.1 Å². The molecule has 2 aromatic heterocycles. The van der Waals surface area contributed by atoms with Gasteiger partial charge in [-0.15, -0.1) is 6.58 Å². The lowest BCUT2D eigenvalue weighted by molar-refractivity contribution is 0.0325. The summed E-state index contributed by atoms with van der Waals surface area (Å²) in [5, 5.41) is 31.0. The Bertz CT molecular complexity index is 1010. The third-order valence-corrected chi connectivity index (χ3v) is 5.40. The molecule has 0 aliphatic rings. The van der Waals surface area contributed by atoms with Crippen LogP contribution in [0.15, 0.2) is 77.9 Å². The molecule has 3 N–H and O–H groups in total. The summed E-state index contributed by atoms with van der Waals surface area (Å²) in [7, 11) is 1.59. The van der Waals surface area contributed by atoms with E-state index >= 15 is 0 Å². The molecule has 0 saturated heterocycles. The van der Waals surface area contributed by atoms with Gasteiger partial charge in [-0.05, 0) is 66.5 Å². The normalized spacial score (nSPS) is 14.6. The predicted octanol–water partition coefficient (Wildman–Crippen LogP) is 4.39. The van der Waals surface area contributed by atoms with Gasteiger partial charge in [-0.2, -0.15) is 0 Å². The summed E-state index contributed by atoms with van der Waals surface area (Å²) in [4.78, 5) is 4.42. The average molecular weight is 436 g/mol. The Morgan fingerprint density at radius 1 is 1.12 bits per heavy atom. The van der Waals surface area contributed by atoms with Gasteiger partial charge in [0.2, 0.25) is 0 Å². The highest BCUT2D eigenvalue weighted by atomic mass is 16.5. The van der Waals surface area contributed by atoms with Crippen molar-refractivity contribution in [3.05, 3.63) is 96.2 Å². The molecule has 0 aliphatic heterocycles. The van der Waals surface area contributed by atoms with Crippen LogP contribution in [0, 0.1) is 5.92 Å². The lowest BCUT2D eigenvalue weighted by atomic mass is 9.87. The molecule has 0 aliphatic carbocycles. The van der Waals surface area contributed by atoms with Crippen LogP contribution in [0.2, 0.25) is 0 Å². The minimum Gasteiger partial charge on any atom is -0.497 e. The molecule has 1 aromatic carbocycles. The van der Waals surface area contributed by atoms with Gasteiger partial charge in [-0.3, -0.25) is 4.98 Å². The molecule has 168 valence electrons. The van der Waals surface area contributed by atoms with E-state index in [2.05, 4.69) is 11.6 Å². The molecule has 32 heavy (non-hydrogen) atoms. The van der Waals surface area contributed by atoms with Crippen LogP contribution in [-0.2, 0) is 6.61 Å². The number of aliphatic hydroxyl groups excluding tert-OH is 3. The average Bonchev–Trinajstić information content (AvgIpc) is 3.30. The molecule has 0 bridgehead atoms. The fourth-order valence-corrected chi connectivity index (χ4v) is 3.57. The standard InChI is InChI=1S/C26H29NO5/c1-3-23(26(30)18-7-10-20(31-2)11-8-18)25(29)14-9-19(24-6-4-5-15-27-24)16-21-12-13-22(17-28)32-21/h3-8,10-13,15-16,23,25-26,28-30H,1,9,14,17H2,2H3/b19-16-/t23-,25-,26-/m1/s1. The molecule has 2 heterocycles. The summed E-state index contributed by atoms with van der Waals surface area (Å²) in [6.45, 7) is 3.65. The molecule has 0 fully saturated rings. The maximum Gasteiger partial charge on any atom is 0.130 e. The summed E-state index contributed by atoms with van der Waals surface area (Å²) in [5.41, 5.74) is 2.33. The second-order valence-corrected chi connectivity index (χ2v) is 7.48. The van der Waals surface area contributed by atoms with Gasteiger partial charge in [-0.1, -0.05) is 24.3 Å². The van der Waals surface area contributed by atoms with Crippen molar-refractivity contribution in [2.75, 3.05) is 7.11 Å². The highest BCUT2D eigenvalue weighted by Crippen LogP contribution is 2.31. The lowest BCUT2D eigenvalue weighted by Crippen LogP contribution is -2.25. The molecule has 0 spiro atoms. The minimum atomic E-state index is -0.895. The summed E-state index contributed by atoms with van der Waals surface area (Å²) >= 11 is 0. The molecule has 3 rings (SSSR count). The van der Waals surface area contributed by atoms with Crippen molar-refractivity contribution < 1.29 is 24.5 Å². The SMILES string of the molecule is C=C[C@H]([C@H](O)CC/C(=C/c1ccc(CO)o1)c1ccccn1)[C@H](O)c1ccc(OC)cc1. The van der Waals surface area contributed by atoms with Crippen LogP contribution < -0.4 is 4.74 Å². The molecule has 0 saturated carbocycles. The number of allylic oxidation sites excluding steroid dienone is 1. The number of benzene rings is 1. The number of methoxy groups -OCH3 is 1. The third-order valence-electron chi connectivity index (χ3n) is 5.40. The van der Waals surface area contributed by atoms with Crippen molar-refractivity contribution in [2.24, 2.45) is 5.92 Å². The Hall–Kier alpha value is -3.19. The van der Waals surface area contributed by atoms with Crippen LogP contribution in [0.1, 0.15) is 41.7 Å². The number of aromatic nitrogens is 1. The molecule has 0 amide bonds. The first-order valence-electron chi connectivity index (χ1n) is 10.5. The molecule has 6 nitrogen and oxygen atoms in total. The van der Waals surface area contributed by atoms with Crippen LogP contribution in [0.4, 0.5) is 0 Å². The van der Waals surface area contributed by atoms with Crippen molar-refractivity contribution in [1.82, 2.24) is 4.98 Å². The van der Waals surface area contributed by atoms with Crippen molar-refractivity contribution in [1.29, 1.82) is 0 Å². The molecule has 3 aromatic rings. The van der Waals surface area contributed by atoms with Gasteiger partial charge in [0.15, 0.2) is 0 Å². The summed E-state index contributed by atoms with van der Waals surface area (Å²) in [6.07, 6.45) is 4.34. The van der Waals surface area contributed by atoms with Gasteiger partial charge < -0.3 is 24.5 Å². The fraction of sp³-hybridized carbons (Fsp3) is 0.269. The van der Waals surface area contributed by atoms with E-state index in [-0.39, 0.29) is 6.61 Å². The Kier molecular flexibility index (Phi) is 8.39. The molecular weight excluding hydrogens is 406 g/mol. The Labute approximate surface area is 188 Å². The molecule has 0 unspecified atom stereocenters. The maximum absolute atomic E-state index is 10.9. The van der Waals surface area contributed by atoms with E-state index in [4.69, 9.17) is 9.15 Å². The number of hydrogen-bond acceptors (Lipinski definition) is 6. The van der Waals surface area contributed by atoms with E-state index in [9.17, 15) is 15.3 Å². The van der Waals surface area contributed by atoms with Gasteiger partial charge in [0, 0.05) is 12.1 Å². The number of rotatable bonds is 11. The van der Waals surface area contributed by atoms with Gasteiger partial charge in [-0.25, -0.2) is 0 Å². The molecule has 6 heteroatoms. The van der Waals surface area contributed by atoms with E-state index in [1.807, 2.05) is 24.3 Å². The van der Waals surface area contributed by atoms with Crippen molar-refractivity contribution in [3.8, 4) is 5.75 Å². The second kappa shape index (κ2) is 11.4. The van der Waals surface area contributed by atoms with Crippen LogP contribution in [-0.4, -0.2) is 33.5 Å². The number of hydrogen-bond donors (Lipinski definition) is 3. The molecule has 0 radical (unpaired) electrons. The van der Waals surface area contributed by atoms with E-state index in [1.165, 1.54) is 0 Å². The number of pyridine rings is 1. The maximum atomic E-state index is 10.9. The highest BCUT2D eigenvalue weighted by Gasteiger charge is 2.26. The fourth-order valence-electron chi connectivity index (χ4n) is 3.57. The first-order chi connectivity index (χ1) is 15.5. The van der Waals surface area contributed by atoms with E-state index in [0.29, 0.717) is 35.7 Å². The summed E-state index contributed by atoms with van der Waals surface area (Å²) < 4.78 is 10.8. The monoisotopic (exact) mass is 435 g/mol. The zero-order valence-corrected chi connectivity index (χ0v) is 18.1. The highest BCUT2D eigenvalue weighted by molar-refractivity contribution is 5.78. The van der Waals surface area contributed by atoms with Gasteiger partial charge >= 0.3 is 0 Å². The van der Waals surface area contributed by atoms with Crippen LogP contribution >= 0.6 is 0 Å². The van der Waals surface area contributed by atoms with Crippen molar-refractivity contribution in [2.45, 2.75) is 31.7 Å². The van der Waals surface area contributed by atoms with Crippen molar-refractivity contribution in [3.63, 3.8) is 0 Å². The van der Waals surface area contributed by atoms with E-state index in [1.54, 1.807) is 55.8 Å². The number of aliphatic hydroxyl groups is 3. The first kappa shape index (κ1) is 23.5.